The van der Waals surface area contributed by atoms with Gasteiger partial charge in [-0.3, -0.25) is 25.2 Å². The number of esters is 1. The number of benzene rings is 2. The highest BCUT2D eigenvalue weighted by Gasteiger charge is 2.27. The van der Waals surface area contributed by atoms with Crippen molar-refractivity contribution in [3.8, 4) is 11.5 Å². The molecular formula is C19H17FN2O6. The van der Waals surface area contributed by atoms with Gasteiger partial charge in [0.1, 0.15) is 12.4 Å². The van der Waals surface area contributed by atoms with Crippen molar-refractivity contribution in [2.45, 2.75) is 12.5 Å². The molecule has 1 aliphatic rings. The minimum atomic E-state index is -0.946. The van der Waals surface area contributed by atoms with Crippen LogP contribution in [0.5, 0.6) is 11.5 Å². The van der Waals surface area contributed by atoms with Crippen molar-refractivity contribution >= 4 is 17.8 Å². The molecule has 2 amide bonds. The lowest BCUT2D eigenvalue weighted by molar-refractivity contribution is -0.148. The number of rotatable bonds is 5. The number of hydrogen-bond donors (Lipinski definition) is 2. The Hall–Kier alpha value is -3.62. The molecule has 28 heavy (non-hydrogen) atoms. The van der Waals surface area contributed by atoms with E-state index >= 15 is 0 Å². The molecule has 0 aromatic heterocycles. The van der Waals surface area contributed by atoms with Crippen LogP contribution < -0.4 is 20.3 Å². The number of carbonyl (C=O) groups excluding carboxylic acids is 3. The summed E-state index contributed by atoms with van der Waals surface area (Å²) in [5.41, 5.74) is 4.44. The predicted octanol–water partition coefficient (Wildman–Crippen LogP) is 0.899. The van der Waals surface area contributed by atoms with Crippen LogP contribution >= 0.6 is 0 Å². The number of nitrogens with one attached hydrogen (secondary N) is 2. The summed E-state index contributed by atoms with van der Waals surface area (Å²) in [6.45, 7) is -0.644. The highest BCUT2D eigenvalue weighted by molar-refractivity contribution is 5.86. The largest absolute Gasteiger partial charge is 0.485 e. The Kier molecular flexibility index (Phi) is 6.05. The van der Waals surface area contributed by atoms with E-state index in [0.29, 0.717) is 11.5 Å². The van der Waals surface area contributed by atoms with Crippen LogP contribution in [0.15, 0.2) is 48.5 Å². The number of para-hydroxylation sites is 2. The molecule has 0 saturated heterocycles. The van der Waals surface area contributed by atoms with Crippen LogP contribution in [0.4, 0.5) is 4.39 Å². The molecular weight excluding hydrogens is 371 g/mol. The third kappa shape index (κ3) is 4.97. The first-order valence-electron chi connectivity index (χ1n) is 8.39. The second-order valence-corrected chi connectivity index (χ2v) is 5.83. The lowest BCUT2D eigenvalue weighted by atomic mass is 10.1. The summed E-state index contributed by atoms with van der Waals surface area (Å²) in [7, 11) is 0. The minimum absolute atomic E-state index is 0.0175. The molecule has 9 heteroatoms. The van der Waals surface area contributed by atoms with Gasteiger partial charge in [0, 0.05) is 0 Å². The zero-order valence-electron chi connectivity index (χ0n) is 14.6. The first-order valence-corrected chi connectivity index (χ1v) is 8.39. The third-order valence-electron chi connectivity index (χ3n) is 3.78. The SMILES string of the molecule is O=C(COC(=O)Cc1ccccc1F)NNC(=O)[C@@H]1COc2ccccc2O1. The van der Waals surface area contributed by atoms with E-state index in [1.165, 1.54) is 18.2 Å². The second-order valence-electron chi connectivity index (χ2n) is 5.83. The highest BCUT2D eigenvalue weighted by atomic mass is 19.1. The molecule has 0 saturated carbocycles. The van der Waals surface area contributed by atoms with Gasteiger partial charge in [-0.15, -0.1) is 0 Å². The van der Waals surface area contributed by atoms with Crippen LogP contribution in [0.2, 0.25) is 0 Å². The average molecular weight is 388 g/mol. The lowest BCUT2D eigenvalue weighted by Gasteiger charge is -2.25. The van der Waals surface area contributed by atoms with E-state index in [1.54, 1.807) is 30.3 Å². The molecule has 8 nitrogen and oxygen atoms in total. The second kappa shape index (κ2) is 8.85. The Bertz CT molecular complexity index is 888. The molecule has 1 aliphatic heterocycles. The number of hydrazine groups is 1. The molecule has 2 aromatic rings. The molecule has 0 aliphatic carbocycles. The van der Waals surface area contributed by atoms with Crippen molar-refractivity contribution in [1.82, 2.24) is 10.9 Å². The van der Waals surface area contributed by atoms with Gasteiger partial charge in [-0.2, -0.15) is 0 Å². The number of halogens is 1. The van der Waals surface area contributed by atoms with E-state index in [4.69, 9.17) is 14.2 Å². The first kappa shape index (κ1) is 19.2. The molecule has 2 N–H and O–H groups in total. The maximum Gasteiger partial charge on any atom is 0.310 e. The Morgan fingerprint density at radius 3 is 2.54 bits per heavy atom. The zero-order valence-corrected chi connectivity index (χ0v) is 14.6. The Morgan fingerprint density at radius 2 is 1.75 bits per heavy atom. The highest BCUT2D eigenvalue weighted by Crippen LogP contribution is 2.30. The summed E-state index contributed by atoms with van der Waals surface area (Å²) in [5, 5.41) is 0. The molecule has 3 rings (SSSR count). The number of fused-ring (bicyclic) bond motifs is 1. The zero-order chi connectivity index (χ0) is 19.9. The van der Waals surface area contributed by atoms with E-state index in [9.17, 15) is 18.8 Å². The Morgan fingerprint density at radius 1 is 1.04 bits per heavy atom. The van der Waals surface area contributed by atoms with Gasteiger partial charge in [0.15, 0.2) is 18.1 Å². The van der Waals surface area contributed by atoms with Crippen molar-refractivity contribution in [2.24, 2.45) is 0 Å². The maximum atomic E-state index is 13.5. The molecule has 146 valence electrons. The fraction of sp³-hybridized carbons (Fsp3) is 0.211. The van der Waals surface area contributed by atoms with Crippen molar-refractivity contribution in [1.29, 1.82) is 0 Å². The molecule has 0 radical (unpaired) electrons. The van der Waals surface area contributed by atoms with Crippen LogP contribution in [-0.4, -0.2) is 37.1 Å². The standard InChI is InChI=1S/C19H17FN2O6/c20-13-6-2-1-5-12(13)9-18(24)27-11-17(23)21-22-19(25)16-10-26-14-7-3-4-8-15(14)28-16/h1-8,16H,9-11H2,(H,21,23)(H,22,25)/t16-/m0/s1. The van der Waals surface area contributed by atoms with Crippen molar-refractivity contribution in [2.75, 3.05) is 13.2 Å². The molecule has 0 spiro atoms. The van der Waals surface area contributed by atoms with Gasteiger partial charge in [-0.1, -0.05) is 30.3 Å². The average Bonchev–Trinajstić information content (AvgIpc) is 2.71. The summed E-state index contributed by atoms with van der Waals surface area (Å²) < 4.78 is 29.1. The molecule has 1 atom stereocenters. The number of ether oxygens (including phenoxy) is 3. The van der Waals surface area contributed by atoms with Crippen molar-refractivity contribution in [3.63, 3.8) is 0 Å². The van der Waals surface area contributed by atoms with Gasteiger partial charge in [0.2, 0.25) is 6.10 Å². The van der Waals surface area contributed by atoms with Gasteiger partial charge in [0.05, 0.1) is 6.42 Å². The monoisotopic (exact) mass is 388 g/mol. The van der Waals surface area contributed by atoms with Crippen LogP contribution in [0, 0.1) is 5.82 Å². The molecule has 0 bridgehead atoms. The smallest absolute Gasteiger partial charge is 0.310 e. The van der Waals surface area contributed by atoms with Crippen LogP contribution in [0.25, 0.3) is 0 Å². The van der Waals surface area contributed by atoms with Crippen LogP contribution in [0.1, 0.15) is 5.56 Å². The van der Waals surface area contributed by atoms with E-state index in [1.807, 2.05) is 0 Å². The van der Waals surface area contributed by atoms with Gasteiger partial charge in [0.25, 0.3) is 11.8 Å². The lowest BCUT2D eigenvalue weighted by Crippen LogP contribution is -2.51. The third-order valence-corrected chi connectivity index (χ3v) is 3.78. The van der Waals surface area contributed by atoms with Crippen LogP contribution in [0.3, 0.4) is 0 Å². The van der Waals surface area contributed by atoms with E-state index < -0.39 is 36.3 Å². The molecule has 0 unspecified atom stereocenters. The predicted molar refractivity (Wildman–Crippen MR) is 93.7 cm³/mol. The summed E-state index contributed by atoms with van der Waals surface area (Å²) in [6.07, 6.45) is -1.25. The summed E-state index contributed by atoms with van der Waals surface area (Å²) in [4.78, 5) is 35.4. The van der Waals surface area contributed by atoms with Gasteiger partial charge < -0.3 is 14.2 Å². The van der Waals surface area contributed by atoms with Crippen molar-refractivity contribution < 1.29 is 33.0 Å². The minimum Gasteiger partial charge on any atom is -0.485 e. The van der Waals surface area contributed by atoms with Gasteiger partial charge in [-0.05, 0) is 23.8 Å². The van der Waals surface area contributed by atoms with Gasteiger partial charge in [-0.25, -0.2) is 4.39 Å². The van der Waals surface area contributed by atoms with E-state index in [2.05, 4.69) is 10.9 Å². The normalized spacial score (nSPS) is 14.7. The first-order chi connectivity index (χ1) is 13.5. The summed E-state index contributed by atoms with van der Waals surface area (Å²) in [6, 6.07) is 12.6. The van der Waals surface area contributed by atoms with Crippen LogP contribution in [-0.2, 0) is 25.5 Å². The molecule has 0 fully saturated rings. The summed E-state index contributed by atoms with van der Waals surface area (Å²) >= 11 is 0. The molecule has 2 aromatic carbocycles. The van der Waals surface area contributed by atoms with Crippen molar-refractivity contribution in [3.05, 3.63) is 59.9 Å². The molecule has 1 heterocycles. The Balaban J connectivity index is 1.39. The quantitative estimate of drug-likeness (QED) is 0.583. The fourth-order valence-corrected chi connectivity index (χ4v) is 2.39. The van der Waals surface area contributed by atoms with Gasteiger partial charge >= 0.3 is 5.97 Å². The summed E-state index contributed by atoms with van der Waals surface area (Å²) in [5.74, 6) is -1.74. The number of hydrogen-bond acceptors (Lipinski definition) is 6. The maximum absolute atomic E-state index is 13.5. The van der Waals surface area contributed by atoms with E-state index in [-0.39, 0.29) is 18.6 Å². The fourth-order valence-electron chi connectivity index (χ4n) is 2.39. The Labute approximate surface area is 159 Å². The topological polar surface area (TPSA) is 103 Å². The number of amides is 2. The number of carbonyl (C=O) groups is 3. The van der Waals surface area contributed by atoms with E-state index in [0.717, 1.165) is 0 Å².